The number of aliphatic hydroxyl groups excluding tert-OH is 1. The highest BCUT2D eigenvalue weighted by Crippen LogP contribution is 2.44. The van der Waals surface area contributed by atoms with Gasteiger partial charge in [-0.15, -0.1) is 0 Å². The molecule has 1 fully saturated rings. The smallest absolute Gasteiger partial charge is 0.127 e. The number of ether oxygens (including phenoxy) is 2. The van der Waals surface area contributed by atoms with Crippen LogP contribution in [0.25, 0.3) is 0 Å². The van der Waals surface area contributed by atoms with Crippen LogP contribution in [0, 0.1) is 0 Å². The molecule has 22 heavy (non-hydrogen) atoms. The first-order valence-corrected chi connectivity index (χ1v) is 8.06. The zero-order valence-electron chi connectivity index (χ0n) is 13.4. The lowest BCUT2D eigenvalue weighted by Crippen LogP contribution is -2.40. The van der Waals surface area contributed by atoms with Crippen LogP contribution in [0.5, 0.6) is 11.5 Å². The van der Waals surface area contributed by atoms with Crippen molar-refractivity contribution in [3.05, 3.63) is 23.3 Å². The van der Waals surface area contributed by atoms with E-state index in [1.807, 2.05) is 6.07 Å². The van der Waals surface area contributed by atoms with Crippen LogP contribution in [0.3, 0.4) is 0 Å². The van der Waals surface area contributed by atoms with Gasteiger partial charge in [0.05, 0.1) is 26.4 Å². The minimum absolute atomic E-state index is 0.132. The fourth-order valence-corrected chi connectivity index (χ4v) is 3.95. The third kappa shape index (κ3) is 2.69. The van der Waals surface area contributed by atoms with Gasteiger partial charge in [0.1, 0.15) is 11.5 Å². The first kappa shape index (κ1) is 15.6. The first-order valence-electron chi connectivity index (χ1n) is 8.06. The molecule has 2 aliphatic rings. The van der Waals surface area contributed by atoms with Crippen molar-refractivity contribution >= 4 is 0 Å². The number of hydrogen-bond acceptors (Lipinski definition) is 5. The zero-order valence-corrected chi connectivity index (χ0v) is 13.4. The van der Waals surface area contributed by atoms with Crippen molar-refractivity contribution in [3.63, 3.8) is 0 Å². The Morgan fingerprint density at radius 1 is 1.18 bits per heavy atom. The number of aliphatic hydroxyl groups is 1. The summed E-state index contributed by atoms with van der Waals surface area (Å²) in [4.78, 5) is 2.48. The second kappa shape index (κ2) is 6.44. The molecule has 0 bridgehead atoms. The van der Waals surface area contributed by atoms with Gasteiger partial charge in [0.15, 0.2) is 0 Å². The van der Waals surface area contributed by atoms with Gasteiger partial charge in [0, 0.05) is 30.8 Å². The second-order valence-corrected chi connectivity index (χ2v) is 6.29. The molecule has 1 aliphatic heterocycles. The van der Waals surface area contributed by atoms with Crippen LogP contribution in [0.15, 0.2) is 12.1 Å². The van der Waals surface area contributed by atoms with Crippen LogP contribution in [-0.4, -0.2) is 42.9 Å². The van der Waals surface area contributed by atoms with Gasteiger partial charge in [-0.05, 0) is 37.3 Å². The summed E-state index contributed by atoms with van der Waals surface area (Å²) in [5, 5.41) is 9.74. The van der Waals surface area contributed by atoms with Gasteiger partial charge in [-0.3, -0.25) is 4.90 Å². The zero-order chi connectivity index (χ0) is 15.7. The van der Waals surface area contributed by atoms with Gasteiger partial charge in [-0.1, -0.05) is 0 Å². The molecule has 1 aromatic carbocycles. The molecule has 0 aromatic heterocycles. The molecule has 1 aliphatic carbocycles. The number of fused-ring (bicyclic) bond motifs is 1. The molecule has 1 unspecified atom stereocenters. The van der Waals surface area contributed by atoms with Crippen LogP contribution in [0.4, 0.5) is 0 Å². The fourth-order valence-electron chi connectivity index (χ4n) is 3.95. The third-order valence-corrected chi connectivity index (χ3v) is 5.10. The molecular formula is C17H26N2O3. The molecule has 0 spiro atoms. The summed E-state index contributed by atoms with van der Waals surface area (Å²) in [5.41, 5.74) is 8.54. The fraction of sp³-hybridized carbons (Fsp3) is 0.647. The van der Waals surface area contributed by atoms with E-state index in [0.29, 0.717) is 12.6 Å². The Morgan fingerprint density at radius 3 is 2.50 bits per heavy atom. The molecule has 3 N–H and O–H groups in total. The Bertz CT molecular complexity index is 527. The van der Waals surface area contributed by atoms with Crippen molar-refractivity contribution in [1.29, 1.82) is 0 Å². The molecule has 1 aromatic rings. The topological polar surface area (TPSA) is 68.0 Å². The molecule has 0 radical (unpaired) electrons. The van der Waals surface area contributed by atoms with Gasteiger partial charge >= 0.3 is 0 Å². The Kier molecular flexibility index (Phi) is 4.57. The van der Waals surface area contributed by atoms with E-state index in [1.165, 1.54) is 11.1 Å². The van der Waals surface area contributed by atoms with Crippen LogP contribution in [0.2, 0.25) is 0 Å². The van der Waals surface area contributed by atoms with E-state index in [1.54, 1.807) is 14.2 Å². The summed E-state index contributed by atoms with van der Waals surface area (Å²) in [6, 6.07) is 4.71. The number of rotatable bonds is 4. The third-order valence-electron chi connectivity index (χ3n) is 5.10. The molecule has 0 amide bonds. The van der Waals surface area contributed by atoms with Gasteiger partial charge in [0.25, 0.3) is 0 Å². The minimum atomic E-state index is -0.132. The van der Waals surface area contributed by atoms with E-state index in [2.05, 4.69) is 11.0 Å². The highest BCUT2D eigenvalue weighted by Gasteiger charge is 2.37. The summed E-state index contributed by atoms with van der Waals surface area (Å²) >= 11 is 0. The predicted octanol–water partition coefficient (Wildman–Crippen LogP) is 1.82. The van der Waals surface area contributed by atoms with Crippen molar-refractivity contribution in [1.82, 2.24) is 4.90 Å². The molecule has 1 saturated carbocycles. The normalized spacial score (nSPS) is 28.5. The van der Waals surface area contributed by atoms with Gasteiger partial charge < -0.3 is 20.3 Å². The lowest BCUT2D eigenvalue weighted by atomic mass is 9.91. The Morgan fingerprint density at radius 2 is 1.91 bits per heavy atom. The number of methoxy groups -OCH3 is 2. The van der Waals surface area contributed by atoms with Crippen molar-refractivity contribution in [3.8, 4) is 11.5 Å². The van der Waals surface area contributed by atoms with E-state index < -0.39 is 0 Å². The highest BCUT2D eigenvalue weighted by atomic mass is 16.5. The predicted molar refractivity (Wildman–Crippen MR) is 85.1 cm³/mol. The van der Waals surface area contributed by atoms with Crippen molar-refractivity contribution < 1.29 is 14.6 Å². The Hall–Kier alpha value is -1.30. The van der Waals surface area contributed by atoms with Gasteiger partial charge in [-0.2, -0.15) is 0 Å². The number of hydrogen-bond donors (Lipinski definition) is 2. The van der Waals surface area contributed by atoms with Crippen LogP contribution >= 0.6 is 0 Å². The summed E-state index contributed by atoms with van der Waals surface area (Å²) in [6.07, 6.45) is 3.70. The first-order chi connectivity index (χ1) is 10.7. The van der Waals surface area contributed by atoms with E-state index >= 15 is 0 Å². The van der Waals surface area contributed by atoms with E-state index in [4.69, 9.17) is 15.2 Å². The monoisotopic (exact) mass is 306 g/mol. The molecule has 0 saturated heterocycles. The van der Waals surface area contributed by atoms with Crippen LogP contribution in [-0.2, 0) is 6.54 Å². The molecule has 5 heteroatoms. The highest BCUT2D eigenvalue weighted by molar-refractivity contribution is 5.51. The lowest BCUT2D eigenvalue weighted by molar-refractivity contribution is 0.0568. The summed E-state index contributed by atoms with van der Waals surface area (Å²) in [5.74, 6) is 1.69. The van der Waals surface area contributed by atoms with Gasteiger partial charge in [0.2, 0.25) is 0 Å². The molecule has 1 heterocycles. The summed E-state index contributed by atoms with van der Waals surface area (Å²) in [7, 11) is 3.37. The van der Waals surface area contributed by atoms with E-state index in [9.17, 15) is 5.11 Å². The van der Waals surface area contributed by atoms with Crippen molar-refractivity contribution in [2.24, 2.45) is 5.73 Å². The molecule has 122 valence electrons. The average molecular weight is 306 g/mol. The SMILES string of the molecule is COc1cc2c(c(OC)c1)C(CN)N(C1CCC(O)CC1)C2. The molecule has 3 rings (SSSR count). The standard InChI is InChI=1S/C17H26N2O3/c1-21-14-7-11-10-19(12-3-5-13(20)6-4-12)15(9-18)17(11)16(8-14)22-2/h7-8,12-13,15,20H,3-6,9-10,18H2,1-2H3. The quantitative estimate of drug-likeness (QED) is 0.888. The summed E-state index contributed by atoms with van der Waals surface area (Å²) < 4.78 is 11.0. The number of nitrogens with two attached hydrogens (primary N) is 1. The maximum atomic E-state index is 9.74. The van der Waals surface area contributed by atoms with E-state index in [0.717, 1.165) is 43.7 Å². The average Bonchev–Trinajstić information content (AvgIpc) is 2.92. The van der Waals surface area contributed by atoms with Crippen LogP contribution in [0.1, 0.15) is 42.9 Å². The maximum Gasteiger partial charge on any atom is 0.127 e. The number of benzene rings is 1. The second-order valence-electron chi connectivity index (χ2n) is 6.29. The number of nitrogens with zero attached hydrogens (tertiary/aromatic N) is 1. The largest absolute Gasteiger partial charge is 0.497 e. The molecule has 5 nitrogen and oxygen atoms in total. The van der Waals surface area contributed by atoms with Crippen LogP contribution < -0.4 is 15.2 Å². The van der Waals surface area contributed by atoms with Gasteiger partial charge in [-0.25, -0.2) is 0 Å². The minimum Gasteiger partial charge on any atom is -0.497 e. The summed E-state index contributed by atoms with van der Waals surface area (Å²) in [6.45, 7) is 1.46. The molecule has 1 atom stereocenters. The molecular weight excluding hydrogens is 280 g/mol. The van der Waals surface area contributed by atoms with E-state index in [-0.39, 0.29) is 12.1 Å². The maximum absolute atomic E-state index is 9.74. The van der Waals surface area contributed by atoms with Crippen molar-refractivity contribution in [2.75, 3.05) is 20.8 Å². The Labute approximate surface area is 132 Å². The lowest BCUT2D eigenvalue weighted by Gasteiger charge is -2.36. The van der Waals surface area contributed by atoms with Crippen molar-refractivity contribution in [2.45, 2.75) is 50.4 Å². The Balaban J connectivity index is 1.90.